The summed E-state index contributed by atoms with van der Waals surface area (Å²) in [6, 6.07) is 0. The Bertz CT molecular complexity index is 270. The molecule has 0 fully saturated rings. The molecule has 0 saturated carbocycles. The number of aldehydes is 2. The molecule has 0 N–H and O–H groups in total. The van der Waals surface area contributed by atoms with E-state index in [0.717, 1.165) is 12.6 Å². The first-order chi connectivity index (χ1) is 17.3. The first kappa shape index (κ1) is 55.4. The number of hydrogen-bond acceptors (Lipinski definition) is 2. The number of unbranched alkanes of at least 4 members (excludes halogenated alkanes) is 7. The van der Waals surface area contributed by atoms with Crippen LogP contribution in [0.25, 0.3) is 0 Å². The maximum absolute atomic E-state index is 9.17. The minimum Gasteiger partial charge on any atom is -0.304 e. The summed E-state index contributed by atoms with van der Waals surface area (Å²) in [5, 5.41) is 0. The predicted octanol–water partition coefficient (Wildman–Crippen LogP) is 13.1. The van der Waals surface area contributed by atoms with Crippen LogP contribution in [0.5, 0.6) is 0 Å². The van der Waals surface area contributed by atoms with Gasteiger partial charge in [0.15, 0.2) is 0 Å². The fourth-order valence-electron chi connectivity index (χ4n) is 1.19. The molecule has 0 bridgehead atoms. The zero-order chi connectivity index (χ0) is 30.1. The molecule has 0 aliphatic heterocycles. The van der Waals surface area contributed by atoms with Gasteiger partial charge in [0, 0.05) is 6.42 Å². The normalized spacial score (nSPS) is 8.17. The molecule has 0 aromatic carbocycles. The van der Waals surface area contributed by atoms with Crippen molar-refractivity contribution in [3.8, 4) is 0 Å². The van der Waals surface area contributed by atoms with Gasteiger partial charge >= 0.3 is 0 Å². The highest BCUT2D eigenvalue weighted by Gasteiger charge is 1.75. The van der Waals surface area contributed by atoms with Gasteiger partial charge in [0.05, 0.1) is 0 Å². The van der Waals surface area contributed by atoms with Crippen LogP contribution < -0.4 is 0 Å². The Kier molecular flexibility index (Phi) is 158. The van der Waals surface area contributed by atoms with Crippen LogP contribution in [0.2, 0.25) is 0 Å². The van der Waals surface area contributed by atoms with Gasteiger partial charge in [0.25, 0.3) is 0 Å². The molecule has 224 valence electrons. The monoisotopic (exact) mass is 517 g/mol. The number of carbonyl (C=O) groups is 2. The predicted molar refractivity (Wildman–Crippen MR) is 174 cm³/mol. The first-order valence-electron chi connectivity index (χ1n) is 15.4. The van der Waals surface area contributed by atoms with E-state index in [-0.39, 0.29) is 0 Å². The van der Waals surface area contributed by atoms with Crippen molar-refractivity contribution in [1.82, 2.24) is 0 Å². The molecule has 0 spiro atoms. The standard InChI is InChI=1S/C6H14.C6H12.C5H12.2C4H10.C4H8.C3H6O.C2H4O/c2*1-3-5-6-4-2;1-3-5-4-2;3*1-3-4-2;1-2-3-4;1-2-3/h3-6H2,1-2H3;5-6H,3-4H2,1-2H3;3-5H2,1-2H3;2*3-4H2,1-2H3;3-4H,1-2H3;3H,2H2,1H3;2H,1H3/b;6-5-;;;;4-3+;;. The Morgan fingerprint density at radius 2 is 0.611 bits per heavy atom. The number of carbonyl (C=O) groups excluding carboxylic acids is 2. The molecule has 0 atom stereocenters. The van der Waals surface area contributed by atoms with E-state index in [2.05, 4.69) is 81.4 Å². The summed E-state index contributed by atoms with van der Waals surface area (Å²) in [7, 11) is 0. The molecular weight excluding hydrogens is 440 g/mol. The van der Waals surface area contributed by atoms with Gasteiger partial charge in [-0.3, -0.25) is 0 Å². The first-order valence-corrected chi connectivity index (χ1v) is 15.4. The SMILES string of the molecule is C/C=C/C.CC/C=C\CC.CC=O.CCC=O.CCCC.CCCC.CCCCC.CCCCCC. The molecule has 0 aliphatic rings. The van der Waals surface area contributed by atoms with Gasteiger partial charge in [-0.15, -0.1) is 0 Å². The van der Waals surface area contributed by atoms with Gasteiger partial charge < -0.3 is 9.59 Å². The zero-order valence-corrected chi connectivity index (χ0v) is 28.2. The Morgan fingerprint density at radius 3 is 0.667 bits per heavy atom. The van der Waals surface area contributed by atoms with Crippen LogP contribution in [-0.4, -0.2) is 12.6 Å². The summed E-state index contributed by atoms with van der Waals surface area (Å²) in [5.74, 6) is 0. The second-order valence-corrected chi connectivity index (χ2v) is 7.83. The largest absolute Gasteiger partial charge is 0.304 e. The molecule has 0 unspecified atom stereocenters. The molecule has 36 heavy (non-hydrogen) atoms. The van der Waals surface area contributed by atoms with Gasteiger partial charge in [-0.2, -0.15) is 0 Å². The molecule has 2 heteroatoms. The van der Waals surface area contributed by atoms with Crippen molar-refractivity contribution in [1.29, 1.82) is 0 Å². The Labute approximate surface area is 233 Å². The van der Waals surface area contributed by atoms with Crippen molar-refractivity contribution in [2.75, 3.05) is 0 Å². The van der Waals surface area contributed by atoms with Crippen LogP contribution >= 0.6 is 0 Å². The molecular formula is C34H76O2. The maximum Gasteiger partial charge on any atom is 0.119 e. The smallest absolute Gasteiger partial charge is 0.119 e. The third-order valence-corrected chi connectivity index (χ3v) is 3.80. The molecule has 0 aliphatic carbocycles. The quantitative estimate of drug-likeness (QED) is 0.164. The van der Waals surface area contributed by atoms with E-state index >= 15 is 0 Å². The van der Waals surface area contributed by atoms with E-state index in [4.69, 9.17) is 4.79 Å². The minimum absolute atomic E-state index is 0.639. The lowest BCUT2D eigenvalue weighted by Gasteiger charge is -1.86. The summed E-state index contributed by atoms with van der Waals surface area (Å²) in [6.07, 6.45) is 27.9. The van der Waals surface area contributed by atoms with Crippen LogP contribution in [0.1, 0.15) is 187 Å². The molecule has 0 saturated heterocycles. The molecule has 2 nitrogen and oxygen atoms in total. The lowest BCUT2D eigenvalue weighted by Crippen LogP contribution is -1.66. The second-order valence-electron chi connectivity index (χ2n) is 7.83. The van der Waals surface area contributed by atoms with Crippen molar-refractivity contribution < 1.29 is 9.59 Å². The van der Waals surface area contributed by atoms with Crippen molar-refractivity contribution in [2.45, 2.75) is 187 Å². The fraction of sp³-hybridized carbons (Fsp3) is 0.824. The fourth-order valence-corrected chi connectivity index (χ4v) is 1.19. The number of hydrogen-bond donors (Lipinski definition) is 0. The van der Waals surface area contributed by atoms with Crippen molar-refractivity contribution in [3.63, 3.8) is 0 Å². The van der Waals surface area contributed by atoms with Crippen LogP contribution in [0.3, 0.4) is 0 Å². The number of allylic oxidation sites excluding steroid dienone is 4. The number of rotatable bonds is 10. The van der Waals surface area contributed by atoms with Crippen LogP contribution in [0, 0.1) is 0 Å². The van der Waals surface area contributed by atoms with Crippen molar-refractivity contribution >= 4 is 12.6 Å². The van der Waals surface area contributed by atoms with E-state index in [0.29, 0.717) is 6.42 Å². The van der Waals surface area contributed by atoms with Crippen molar-refractivity contribution in [3.05, 3.63) is 24.3 Å². The highest BCUT2D eigenvalue weighted by molar-refractivity contribution is 5.48. The zero-order valence-electron chi connectivity index (χ0n) is 28.2. The highest BCUT2D eigenvalue weighted by Crippen LogP contribution is 1.95. The summed E-state index contributed by atoms with van der Waals surface area (Å²) in [4.78, 5) is 18.0. The van der Waals surface area contributed by atoms with Crippen LogP contribution in [0.4, 0.5) is 0 Å². The lowest BCUT2D eigenvalue weighted by atomic mass is 10.2. The second kappa shape index (κ2) is 103. The van der Waals surface area contributed by atoms with Crippen LogP contribution in [0.15, 0.2) is 24.3 Å². The van der Waals surface area contributed by atoms with Gasteiger partial charge in [-0.25, -0.2) is 0 Å². The van der Waals surface area contributed by atoms with E-state index in [9.17, 15) is 4.79 Å². The van der Waals surface area contributed by atoms with Gasteiger partial charge in [-0.1, -0.05) is 171 Å². The maximum atomic E-state index is 9.17. The summed E-state index contributed by atoms with van der Waals surface area (Å²) in [5.41, 5.74) is 0. The topological polar surface area (TPSA) is 34.1 Å². The Morgan fingerprint density at radius 1 is 0.389 bits per heavy atom. The lowest BCUT2D eigenvalue weighted by molar-refractivity contribution is -0.107. The third-order valence-electron chi connectivity index (χ3n) is 3.80. The summed E-state index contributed by atoms with van der Waals surface area (Å²) in [6.45, 7) is 29.2. The molecule has 0 rings (SSSR count). The minimum atomic E-state index is 0.639. The van der Waals surface area contributed by atoms with E-state index in [1.54, 1.807) is 0 Å². The third kappa shape index (κ3) is 284. The average molecular weight is 517 g/mol. The Hall–Kier alpha value is -1.18. The molecule has 0 radical (unpaired) electrons. The van der Waals surface area contributed by atoms with Gasteiger partial charge in [0.1, 0.15) is 12.6 Å². The van der Waals surface area contributed by atoms with Gasteiger partial charge in [0.2, 0.25) is 0 Å². The Balaban J connectivity index is -0.0000000419. The molecule has 0 aromatic rings. The van der Waals surface area contributed by atoms with Crippen LogP contribution in [-0.2, 0) is 9.59 Å². The summed E-state index contributed by atoms with van der Waals surface area (Å²) < 4.78 is 0. The van der Waals surface area contributed by atoms with Gasteiger partial charge in [-0.05, 0) is 33.6 Å². The highest BCUT2D eigenvalue weighted by atomic mass is 16.1. The average Bonchev–Trinajstić information content (AvgIpc) is 2.92. The van der Waals surface area contributed by atoms with Crippen molar-refractivity contribution in [2.24, 2.45) is 0 Å². The van der Waals surface area contributed by atoms with E-state index < -0.39 is 0 Å². The molecule has 0 aromatic heterocycles. The molecule has 0 amide bonds. The molecule has 0 heterocycles. The summed E-state index contributed by atoms with van der Waals surface area (Å²) >= 11 is 0. The van der Waals surface area contributed by atoms with E-state index in [1.165, 1.54) is 90.4 Å². The van der Waals surface area contributed by atoms with E-state index in [1.807, 2.05) is 32.9 Å².